The van der Waals surface area contributed by atoms with Gasteiger partial charge in [-0.1, -0.05) is 0 Å². The number of rotatable bonds is 5. The van der Waals surface area contributed by atoms with E-state index >= 15 is 0 Å². The van der Waals surface area contributed by atoms with Crippen LogP contribution in [0.1, 0.15) is 32.1 Å². The molecule has 2 saturated heterocycles. The number of hydrogen-bond donors (Lipinski definition) is 0. The number of pyridine rings is 1. The Balaban J connectivity index is 1.45. The largest absolute Gasteiger partial charge is 0.475 e. The smallest absolute Gasteiger partial charge is 0.250 e. The maximum Gasteiger partial charge on any atom is 0.250 e. The average Bonchev–Trinajstić information content (AvgIpc) is 3.30. The molecule has 1 saturated carbocycles. The van der Waals surface area contributed by atoms with E-state index in [9.17, 15) is 9.18 Å². The van der Waals surface area contributed by atoms with E-state index in [4.69, 9.17) is 9.47 Å². The second-order valence-electron chi connectivity index (χ2n) is 7.30. The molecule has 6 heteroatoms. The van der Waals surface area contributed by atoms with Gasteiger partial charge in [-0.05, 0) is 43.7 Å². The summed E-state index contributed by atoms with van der Waals surface area (Å²) in [4.78, 5) is 18.4. The molecule has 2 aliphatic heterocycles. The van der Waals surface area contributed by atoms with Crippen LogP contribution in [0.4, 0.5) is 4.39 Å². The molecule has 1 aromatic heterocycles. The van der Waals surface area contributed by atoms with Gasteiger partial charge in [0.05, 0.1) is 18.1 Å². The van der Waals surface area contributed by atoms with Crippen LogP contribution in [0, 0.1) is 17.2 Å². The molecule has 3 aliphatic rings. The van der Waals surface area contributed by atoms with E-state index in [2.05, 4.69) is 4.98 Å². The summed E-state index contributed by atoms with van der Waals surface area (Å²) < 4.78 is 25.3. The molecule has 0 radical (unpaired) electrons. The Morgan fingerprint density at radius 1 is 1.46 bits per heavy atom. The highest BCUT2D eigenvalue weighted by atomic mass is 19.1. The number of aromatic nitrogens is 1. The predicted octanol–water partition coefficient (Wildman–Crippen LogP) is 2.41. The molecular formula is C18H23FN2O3. The summed E-state index contributed by atoms with van der Waals surface area (Å²) in [5.41, 5.74) is -0.249. The van der Waals surface area contributed by atoms with Gasteiger partial charge in [0, 0.05) is 32.3 Å². The molecule has 0 N–H and O–H groups in total. The van der Waals surface area contributed by atoms with Crippen LogP contribution in [-0.4, -0.2) is 48.2 Å². The fraction of sp³-hybridized carbons (Fsp3) is 0.667. The number of carbonyl (C=O) groups is 1. The summed E-state index contributed by atoms with van der Waals surface area (Å²) in [6, 6.07) is 2.88. The van der Waals surface area contributed by atoms with Crippen molar-refractivity contribution in [2.45, 2.75) is 38.2 Å². The molecule has 3 fully saturated rings. The van der Waals surface area contributed by atoms with Crippen molar-refractivity contribution in [3.63, 3.8) is 0 Å². The fourth-order valence-corrected chi connectivity index (χ4v) is 3.86. The number of nitrogens with zero attached hydrogens (tertiary/aromatic N) is 2. The number of fused-ring (bicyclic) bond motifs is 1. The minimum atomic E-state index is -0.457. The highest BCUT2D eigenvalue weighted by Crippen LogP contribution is 2.42. The maximum absolute atomic E-state index is 13.8. The number of amides is 1. The fourth-order valence-electron chi connectivity index (χ4n) is 3.86. The number of carbonyl (C=O) groups excluding carboxylic acids is 1. The third-order valence-electron chi connectivity index (χ3n) is 5.50. The topological polar surface area (TPSA) is 51.7 Å². The van der Waals surface area contributed by atoms with Gasteiger partial charge in [-0.3, -0.25) is 4.79 Å². The Kier molecular flexibility index (Phi) is 4.16. The Morgan fingerprint density at radius 3 is 3.12 bits per heavy atom. The molecule has 2 atom stereocenters. The Hall–Kier alpha value is -1.69. The van der Waals surface area contributed by atoms with Crippen molar-refractivity contribution in [1.82, 2.24) is 9.88 Å². The SMILES string of the molecule is O=C(CC1CC1)N1CC[C@@H]2OCC[C@]2(COc2ncccc2F)C1. The van der Waals surface area contributed by atoms with E-state index in [1.807, 2.05) is 4.90 Å². The molecule has 130 valence electrons. The molecule has 1 aliphatic carbocycles. The van der Waals surface area contributed by atoms with E-state index in [1.54, 1.807) is 6.07 Å². The van der Waals surface area contributed by atoms with Gasteiger partial charge in [0.25, 0.3) is 0 Å². The molecule has 1 amide bonds. The van der Waals surface area contributed by atoms with Crippen LogP contribution in [-0.2, 0) is 9.53 Å². The minimum Gasteiger partial charge on any atom is -0.475 e. The van der Waals surface area contributed by atoms with Crippen molar-refractivity contribution < 1.29 is 18.7 Å². The summed E-state index contributed by atoms with van der Waals surface area (Å²) in [6.45, 7) is 2.38. The molecule has 0 spiro atoms. The monoisotopic (exact) mass is 334 g/mol. The van der Waals surface area contributed by atoms with Crippen LogP contribution >= 0.6 is 0 Å². The molecule has 24 heavy (non-hydrogen) atoms. The second-order valence-corrected chi connectivity index (χ2v) is 7.30. The Labute approximate surface area is 141 Å². The lowest BCUT2D eigenvalue weighted by molar-refractivity contribution is -0.138. The lowest BCUT2D eigenvalue weighted by Gasteiger charge is -2.43. The maximum atomic E-state index is 13.8. The zero-order valence-electron chi connectivity index (χ0n) is 13.7. The predicted molar refractivity (Wildman–Crippen MR) is 85.0 cm³/mol. The number of halogens is 1. The lowest BCUT2D eigenvalue weighted by Crippen LogP contribution is -2.54. The zero-order valence-corrected chi connectivity index (χ0v) is 13.7. The summed E-state index contributed by atoms with van der Waals surface area (Å²) in [6.07, 6.45) is 6.28. The van der Waals surface area contributed by atoms with Crippen molar-refractivity contribution in [3.8, 4) is 5.88 Å². The Bertz CT molecular complexity index is 622. The van der Waals surface area contributed by atoms with Crippen LogP contribution in [0.3, 0.4) is 0 Å². The number of piperidine rings is 1. The minimum absolute atomic E-state index is 0.0268. The summed E-state index contributed by atoms with van der Waals surface area (Å²) in [5, 5.41) is 0. The van der Waals surface area contributed by atoms with Gasteiger partial charge in [0.1, 0.15) is 0 Å². The first-order valence-corrected chi connectivity index (χ1v) is 8.79. The van der Waals surface area contributed by atoms with Crippen LogP contribution < -0.4 is 4.74 Å². The van der Waals surface area contributed by atoms with Crippen molar-refractivity contribution in [2.75, 3.05) is 26.3 Å². The molecule has 4 rings (SSSR count). The van der Waals surface area contributed by atoms with E-state index < -0.39 is 5.82 Å². The van der Waals surface area contributed by atoms with Gasteiger partial charge in [-0.2, -0.15) is 0 Å². The van der Waals surface area contributed by atoms with Gasteiger partial charge < -0.3 is 14.4 Å². The van der Waals surface area contributed by atoms with Gasteiger partial charge in [-0.15, -0.1) is 0 Å². The third kappa shape index (κ3) is 3.11. The van der Waals surface area contributed by atoms with Crippen molar-refractivity contribution >= 4 is 5.91 Å². The molecule has 3 heterocycles. The lowest BCUT2D eigenvalue weighted by atomic mass is 9.77. The molecule has 1 aromatic rings. The normalized spacial score (nSPS) is 29.4. The van der Waals surface area contributed by atoms with E-state index in [-0.39, 0.29) is 23.3 Å². The number of likely N-dealkylation sites (tertiary alicyclic amines) is 1. The average molecular weight is 334 g/mol. The van der Waals surface area contributed by atoms with Gasteiger partial charge in [0.2, 0.25) is 11.8 Å². The zero-order chi connectivity index (χ0) is 16.6. The number of hydrogen-bond acceptors (Lipinski definition) is 4. The molecule has 0 bridgehead atoms. The van der Waals surface area contributed by atoms with Gasteiger partial charge in [-0.25, -0.2) is 9.37 Å². The molecule has 0 unspecified atom stereocenters. The summed E-state index contributed by atoms with van der Waals surface area (Å²) >= 11 is 0. The second kappa shape index (κ2) is 6.31. The van der Waals surface area contributed by atoms with Crippen LogP contribution in [0.25, 0.3) is 0 Å². The standard InChI is InChI=1S/C18H23FN2O3/c19-14-2-1-7-20-17(14)24-12-18-6-9-23-15(18)5-8-21(11-18)16(22)10-13-3-4-13/h1-2,7,13,15H,3-6,8-12H2/t15-,18+/m0/s1. The first-order valence-electron chi connectivity index (χ1n) is 8.79. The molecular weight excluding hydrogens is 311 g/mol. The van der Waals surface area contributed by atoms with E-state index in [0.29, 0.717) is 32.1 Å². The number of ether oxygens (including phenoxy) is 2. The summed E-state index contributed by atoms with van der Waals surface area (Å²) in [7, 11) is 0. The Morgan fingerprint density at radius 2 is 2.33 bits per heavy atom. The van der Waals surface area contributed by atoms with E-state index in [0.717, 1.165) is 19.4 Å². The quantitative estimate of drug-likeness (QED) is 0.830. The first-order chi connectivity index (χ1) is 11.7. The third-order valence-corrected chi connectivity index (χ3v) is 5.50. The first kappa shape index (κ1) is 15.8. The van der Waals surface area contributed by atoms with Gasteiger partial charge in [0.15, 0.2) is 5.82 Å². The summed E-state index contributed by atoms with van der Waals surface area (Å²) in [5.74, 6) is 0.400. The molecule has 0 aromatic carbocycles. The van der Waals surface area contributed by atoms with Crippen LogP contribution in [0.15, 0.2) is 18.3 Å². The van der Waals surface area contributed by atoms with Crippen LogP contribution in [0.5, 0.6) is 5.88 Å². The van der Waals surface area contributed by atoms with Crippen molar-refractivity contribution in [2.24, 2.45) is 11.3 Å². The highest BCUT2D eigenvalue weighted by molar-refractivity contribution is 5.77. The van der Waals surface area contributed by atoms with Crippen molar-refractivity contribution in [3.05, 3.63) is 24.1 Å². The van der Waals surface area contributed by atoms with Crippen LogP contribution in [0.2, 0.25) is 0 Å². The highest BCUT2D eigenvalue weighted by Gasteiger charge is 2.49. The molecule has 5 nitrogen and oxygen atoms in total. The van der Waals surface area contributed by atoms with Gasteiger partial charge >= 0.3 is 0 Å². The van der Waals surface area contributed by atoms with Crippen molar-refractivity contribution in [1.29, 1.82) is 0 Å². The van der Waals surface area contributed by atoms with E-state index in [1.165, 1.54) is 25.1 Å².